The van der Waals surface area contributed by atoms with E-state index in [4.69, 9.17) is 16.3 Å². The second-order valence-electron chi connectivity index (χ2n) is 7.36. The number of halogens is 1. The number of benzene rings is 1. The highest BCUT2D eigenvalue weighted by molar-refractivity contribution is 6.32. The van der Waals surface area contributed by atoms with E-state index in [2.05, 4.69) is 27.2 Å². The van der Waals surface area contributed by atoms with Gasteiger partial charge in [-0.3, -0.25) is 9.58 Å². The summed E-state index contributed by atoms with van der Waals surface area (Å²) in [6, 6.07) is 4.91. The molecular weight excluding hydrogens is 350 g/mol. The van der Waals surface area contributed by atoms with Gasteiger partial charge in [-0.05, 0) is 49.5 Å². The number of ether oxygens (including phenoxy) is 1. The van der Waals surface area contributed by atoms with Gasteiger partial charge in [0.1, 0.15) is 5.69 Å². The number of rotatable bonds is 3. The molecular formula is C19H22ClN5O. The van der Waals surface area contributed by atoms with Crippen molar-refractivity contribution in [2.45, 2.75) is 24.8 Å². The molecule has 26 heavy (non-hydrogen) atoms. The largest absolute Gasteiger partial charge is 0.378 e. The number of nitrogens with zero attached hydrogens (tertiary/aromatic N) is 5. The number of piperidine rings is 1. The zero-order valence-electron chi connectivity index (χ0n) is 14.8. The molecule has 5 rings (SSSR count). The lowest BCUT2D eigenvalue weighted by molar-refractivity contribution is -0.0712. The van der Waals surface area contributed by atoms with Crippen LogP contribution in [0.3, 0.4) is 0 Å². The van der Waals surface area contributed by atoms with Gasteiger partial charge in [0.15, 0.2) is 0 Å². The van der Waals surface area contributed by atoms with Crippen molar-refractivity contribution >= 4 is 22.5 Å². The van der Waals surface area contributed by atoms with Gasteiger partial charge in [0.05, 0.1) is 43.4 Å². The Kier molecular flexibility index (Phi) is 3.99. The zero-order chi connectivity index (χ0) is 17.7. The van der Waals surface area contributed by atoms with Gasteiger partial charge in [0, 0.05) is 17.5 Å². The van der Waals surface area contributed by atoms with E-state index in [0.717, 1.165) is 60.8 Å². The summed E-state index contributed by atoms with van der Waals surface area (Å²) in [4.78, 5) is 2.56. The lowest BCUT2D eigenvalue weighted by atomic mass is 9.88. The third-order valence-electron chi connectivity index (χ3n) is 5.73. The lowest BCUT2D eigenvalue weighted by Crippen LogP contribution is -2.51. The van der Waals surface area contributed by atoms with E-state index in [0.29, 0.717) is 12.0 Å². The molecule has 0 spiro atoms. The molecule has 0 aliphatic carbocycles. The van der Waals surface area contributed by atoms with Crippen LogP contribution < -0.4 is 0 Å². The molecule has 0 N–H and O–H groups in total. The van der Waals surface area contributed by atoms with Gasteiger partial charge < -0.3 is 4.74 Å². The Morgan fingerprint density at radius 1 is 1.12 bits per heavy atom. The smallest absolute Gasteiger partial charge is 0.103 e. The predicted octanol–water partition coefficient (Wildman–Crippen LogP) is 2.99. The summed E-state index contributed by atoms with van der Waals surface area (Å²) in [6.07, 6.45) is 7.96. The highest BCUT2D eigenvalue weighted by atomic mass is 35.5. The van der Waals surface area contributed by atoms with Gasteiger partial charge in [-0.1, -0.05) is 11.6 Å². The maximum atomic E-state index is 6.65. The molecule has 0 amide bonds. The van der Waals surface area contributed by atoms with Crippen LogP contribution in [0.2, 0.25) is 5.02 Å². The van der Waals surface area contributed by atoms with Crippen LogP contribution in [0.25, 0.3) is 16.6 Å². The summed E-state index contributed by atoms with van der Waals surface area (Å²) in [5.41, 5.74) is 3.30. The van der Waals surface area contributed by atoms with Gasteiger partial charge in [-0.15, -0.1) is 0 Å². The van der Waals surface area contributed by atoms with Gasteiger partial charge in [0.25, 0.3) is 0 Å². The third kappa shape index (κ3) is 2.73. The number of hydrogen-bond donors (Lipinski definition) is 0. The van der Waals surface area contributed by atoms with Gasteiger partial charge in [-0.2, -0.15) is 10.2 Å². The first-order valence-corrected chi connectivity index (χ1v) is 9.55. The fraction of sp³-hybridized carbons (Fsp3) is 0.474. The molecule has 136 valence electrons. The molecule has 7 heteroatoms. The van der Waals surface area contributed by atoms with Crippen LogP contribution in [-0.2, 0) is 11.8 Å². The van der Waals surface area contributed by atoms with Crippen LogP contribution in [0, 0.1) is 0 Å². The first-order valence-electron chi connectivity index (χ1n) is 9.17. The molecule has 0 radical (unpaired) electrons. The van der Waals surface area contributed by atoms with E-state index >= 15 is 0 Å². The third-order valence-corrected chi connectivity index (χ3v) is 6.06. The second kappa shape index (κ2) is 6.37. The van der Waals surface area contributed by atoms with Crippen LogP contribution in [0.5, 0.6) is 0 Å². The number of hydrogen-bond acceptors (Lipinski definition) is 4. The topological polar surface area (TPSA) is 48.1 Å². The zero-order valence-corrected chi connectivity index (χ0v) is 15.6. The van der Waals surface area contributed by atoms with Crippen molar-refractivity contribution in [3.8, 4) is 5.69 Å². The predicted molar refractivity (Wildman–Crippen MR) is 101 cm³/mol. The average molecular weight is 372 g/mol. The fourth-order valence-electron chi connectivity index (χ4n) is 4.11. The van der Waals surface area contributed by atoms with Crippen molar-refractivity contribution in [3.63, 3.8) is 0 Å². The molecule has 6 nitrogen and oxygen atoms in total. The van der Waals surface area contributed by atoms with Crippen molar-refractivity contribution in [2.75, 3.05) is 26.3 Å². The highest BCUT2D eigenvalue weighted by Gasteiger charge is 2.30. The Labute approximate surface area is 157 Å². The van der Waals surface area contributed by atoms with E-state index in [1.54, 1.807) is 4.68 Å². The monoisotopic (exact) mass is 371 g/mol. The standard InChI is InChI=1S/C19H22ClN5O/c1-23-10-15(9-21-23)25-19-7-17(18(20)6-14(19)8-22-25)13-2-4-24(5-3-13)16-11-26-12-16/h6-10,13,16H,2-5,11-12H2,1H3. The highest BCUT2D eigenvalue weighted by Crippen LogP contribution is 2.36. The summed E-state index contributed by atoms with van der Waals surface area (Å²) in [6.45, 7) is 4.02. The van der Waals surface area contributed by atoms with Crippen LogP contribution in [0.15, 0.2) is 30.7 Å². The van der Waals surface area contributed by atoms with Crippen molar-refractivity contribution in [3.05, 3.63) is 41.3 Å². The number of fused-ring (bicyclic) bond motifs is 1. The Morgan fingerprint density at radius 3 is 2.58 bits per heavy atom. The van der Waals surface area contributed by atoms with Crippen molar-refractivity contribution < 1.29 is 4.74 Å². The SMILES string of the molecule is Cn1cc(-n2ncc3cc(Cl)c(C4CCN(C5COC5)CC4)cc32)cn1. The second-order valence-corrected chi connectivity index (χ2v) is 7.77. The molecule has 2 aliphatic rings. The quantitative estimate of drug-likeness (QED) is 0.710. The van der Waals surface area contributed by atoms with E-state index < -0.39 is 0 Å². The van der Waals surface area contributed by atoms with Gasteiger partial charge in [-0.25, -0.2) is 4.68 Å². The molecule has 0 saturated carbocycles. The van der Waals surface area contributed by atoms with Gasteiger partial charge >= 0.3 is 0 Å². The summed E-state index contributed by atoms with van der Waals surface area (Å²) in [5.74, 6) is 0.501. The Hall–Kier alpha value is -1.89. The first kappa shape index (κ1) is 16.3. The van der Waals surface area contributed by atoms with Crippen molar-refractivity contribution in [1.82, 2.24) is 24.5 Å². The van der Waals surface area contributed by atoms with Crippen molar-refractivity contribution in [1.29, 1.82) is 0 Å². The minimum atomic E-state index is 0.501. The van der Waals surface area contributed by atoms with Crippen LogP contribution in [-0.4, -0.2) is 56.8 Å². The number of aryl methyl sites for hydroxylation is 1. The Bertz CT molecular complexity index is 937. The molecule has 1 aromatic carbocycles. The maximum Gasteiger partial charge on any atom is 0.103 e. The Morgan fingerprint density at radius 2 is 1.92 bits per heavy atom. The summed E-state index contributed by atoms with van der Waals surface area (Å²) < 4.78 is 9.07. The number of likely N-dealkylation sites (tertiary alicyclic amines) is 1. The fourth-order valence-corrected chi connectivity index (χ4v) is 4.43. The van der Waals surface area contributed by atoms with Crippen LogP contribution in [0.4, 0.5) is 0 Å². The molecule has 0 bridgehead atoms. The van der Waals surface area contributed by atoms with E-state index in [1.807, 2.05) is 30.3 Å². The summed E-state index contributed by atoms with van der Waals surface area (Å²) in [7, 11) is 1.92. The molecule has 0 atom stereocenters. The maximum absolute atomic E-state index is 6.65. The number of aromatic nitrogens is 4. The molecule has 2 saturated heterocycles. The summed E-state index contributed by atoms with van der Waals surface area (Å²) >= 11 is 6.65. The molecule has 2 aromatic heterocycles. The molecule has 2 fully saturated rings. The van der Waals surface area contributed by atoms with E-state index in [-0.39, 0.29) is 0 Å². The van der Waals surface area contributed by atoms with Gasteiger partial charge in [0.2, 0.25) is 0 Å². The minimum Gasteiger partial charge on any atom is -0.378 e. The minimum absolute atomic E-state index is 0.501. The lowest BCUT2D eigenvalue weighted by Gasteiger charge is -2.41. The van der Waals surface area contributed by atoms with E-state index in [1.165, 1.54) is 5.56 Å². The van der Waals surface area contributed by atoms with Crippen molar-refractivity contribution in [2.24, 2.45) is 7.05 Å². The average Bonchev–Trinajstić information content (AvgIpc) is 3.19. The summed E-state index contributed by atoms with van der Waals surface area (Å²) in [5, 5.41) is 10.7. The van der Waals surface area contributed by atoms with Crippen LogP contribution in [0.1, 0.15) is 24.3 Å². The molecule has 2 aliphatic heterocycles. The molecule has 4 heterocycles. The van der Waals surface area contributed by atoms with Crippen LogP contribution >= 0.6 is 11.6 Å². The van der Waals surface area contributed by atoms with E-state index in [9.17, 15) is 0 Å². The molecule has 0 unspecified atom stereocenters. The Balaban J connectivity index is 1.45. The normalized spacial score (nSPS) is 19.9. The molecule has 3 aromatic rings. The first-order chi connectivity index (χ1) is 12.7.